The SMILES string of the molecule is Brc1conc1-c1nccs1. The van der Waals surface area contributed by atoms with Crippen LogP contribution in [-0.2, 0) is 0 Å². The highest BCUT2D eigenvalue weighted by molar-refractivity contribution is 9.10. The molecule has 0 atom stereocenters. The van der Waals surface area contributed by atoms with E-state index in [1.54, 1.807) is 6.20 Å². The fourth-order valence-corrected chi connectivity index (χ4v) is 1.81. The summed E-state index contributed by atoms with van der Waals surface area (Å²) in [5, 5.41) is 6.55. The number of rotatable bonds is 1. The molecule has 2 rings (SSSR count). The van der Waals surface area contributed by atoms with Gasteiger partial charge in [-0.25, -0.2) is 4.98 Å². The summed E-state index contributed by atoms with van der Waals surface area (Å²) >= 11 is 4.83. The predicted octanol–water partition coefficient (Wildman–Crippen LogP) is 2.56. The average Bonchev–Trinajstić information content (AvgIpc) is 2.55. The molecule has 0 N–H and O–H groups in total. The molecule has 11 heavy (non-hydrogen) atoms. The van der Waals surface area contributed by atoms with Crippen LogP contribution in [0, 0.1) is 0 Å². The summed E-state index contributed by atoms with van der Waals surface area (Å²) in [7, 11) is 0. The highest BCUT2D eigenvalue weighted by Crippen LogP contribution is 2.27. The number of thiazole rings is 1. The fourth-order valence-electron chi connectivity index (χ4n) is 0.706. The molecule has 0 fully saturated rings. The maximum absolute atomic E-state index is 4.74. The summed E-state index contributed by atoms with van der Waals surface area (Å²) in [6.45, 7) is 0. The van der Waals surface area contributed by atoms with E-state index < -0.39 is 0 Å². The first-order chi connectivity index (χ1) is 5.38. The van der Waals surface area contributed by atoms with Crippen LogP contribution in [0.25, 0.3) is 10.7 Å². The largest absolute Gasteiger partial charge is 0.363 e. The highest BCUT2D eigenvalue weighted by Gasteiger charge is 2.08. The Balaban J connectivity index is 2.53. The van der Waals surface area contributed by atoms with E-state index in [-0.39, 0.29) is 0 Å². The third-order valence-electron chi connectivity index (χ3n) is 1.16. The molecule has 0 amide bonds. The molecule has 0 aliphatic carbocycles. The zero-order valence-electron chi connectivity index (χ0n) is 5.32. The highest BCUT2D eigenvalue weighted by atomic mass is 79.9. The molecule has 0 aliphatic heterocycles. The molecule has 5 heteroatoms. The van der Waals surface area contributed by atoms with E-state index in [9.17, 15) is 0 Å². The van der Waals surface area contributed by atoms with Crippen LogP contribution in [0.5, 0.6) is 0 Å². The molecule has 2 heterocycles. The Bertz CT molecular complexity index is 343. The normalized spacial score (nSPS) is 10.3. The van der Waals surface area contributed by atoms with E-state index in [1.165, 1.54) is 17.6 Å². The van der Waals surface area contributed by atoms with Crippen LogP contribution in [-0.4, -0.2) is 10.1 Å². The third-order valence-corrected chi connectivity index (χ3v) is 2.50. The molecule has 0 unspecified atom stereocenters. The van der Waals surface area contributed by atoms with Gasteiger partial charge in [-0.1, -0.05) is 5.16 Å². The van der Waals surface area contributed by atoms with Gasteiger partial charge in [0.15, 0.2) is 5.69 Å². The topological polar surface area (TPSA) is 38.9 Å². The minimum Gasteiger partial charge on any atom is -0.363 e. The molecule has 0 aromatic carbocycles. The zero-order valence-corrected chi connectivity index (χ0v) is 7.72. The van der Waals surface area contributed by atoms with Gasteiger partial charge in [0.05, 0.1) is 4.47 Å². The molecule has 0 spiro atoms. The summed E-state index contributed by atoms with van der Waals surface area (Å²) in [6.07, 6.45) is 3.28. The predicted molar refractivity (Wildman–Crippen MR) is 45.3 cm³/mol. The zero-order chi connectivity index (χ0) is 7.68. The maximum atomic E-state index is 4.74. The summed E-state index contributed by atoms with van der Waals surface area (Å²) in [4.78, 5) is 4.09. The monoisotopic (exact) mass is 230 g/mol. The minimum absolute atomic E-state index is 0.764. The number of halogens is 1. The van der Waals surface area contributed by atoms with Crippen molar-refractivity contribution in [3.63, 3.8) is 0 Å². The van der Waals surface area contributed by atoms with Gasteiger partial charge < -0.3 is 4.52 Å². The number of hydrogen-bond donors (Lipinski definition) is 0. The van der Waals surface area contributed by atoms with Crippen molar-refractivity contribution in [2.75, 3.05) is 0 Å². The Morgan fingerprint density at radius 3 is 3.00 bits per heavy atom. The minimum atomic E-state index is 0.764. The molecule has 0 saturated heterocycles. The summed E-state index contributed by atoms with van der Waals surface area (Å²) < 4.78 is 5.58. The van der Waals surface area contributed by atoms with E-state index in [0.29, 0.717) is 0 Å². The van der Waals surface area contributed by atoms with Crippen molar-refractivity contribution in [2.45, 2.75) is 0 Å². The van der Waals surface area contributed by atoms with Crippen LogP contribution in [0.3, 0.4) is 0 Å². The Morgan fingerprint density at radius 2 is 2.45 bits per heavy atom. The van der Waals surface area contributed by atoms with E-state index in [1.807, 2.05) is 5.38 Å². The van der Waals surface area contributed by atoms with Crippen LogP contribution >= 0.6 is 27.3 Å². The lowest BCUT2D eigenvalue weighted by Crippen LogP contribution is -1.73. The van der Waals surface area contributed by atoms with E-state index in [2.05, 4.69) is 26.1 Å². The van der Waals surface area contributed by atoms with Crippen molar-refractivity contribution in [1.29, 1.82) is 0 Å². The first kappa shape index (κ1) is 7.00. The van der Waals surface area contributed by atoms with Crippen molar-refractivity contribution in [2.24, 2.45) is 0 Å². The Labute approximate surface area is 75.2 Å². The quantitative estimate of drug-likeness (QED) is 0.756. The summed E-state index contributed by atoms with van der Waals surface area (Å²) in [5.41, 5.74) is 0.764. The molecular formula is C6H3BrN2OS. The number of nitrogens with zero attached hydrogens (tertiary/aromatic N) is 2. The standard InChI is InChI=1S/C6H3BrN2OS/c7-4-3-10-9-5(4)6-8-1-2-11-6/h1-3H. The first-order valence-electron chi connectivity index (χ1n) is 2.87. The van der Waals surface area contributed by atoms with Crippen molar-refractivity contribution >= 4 is 27.3 Å². The molecule has 0 radical (unpaired) electrons. The van der Waals surface area contributed by atoms with Crippen molar-refractivity contribution in [1.82, 2.24) is 10.1 Å². The van der Waals surface area contributed by atoms with Gasteiger partial charge in [0, 0.05) is 11.6 Å². The van der Waals surface area contributed by atoms with Gasteiger partial charge in [-0.05, 0) is 15.9 Å². The Kier molecular flexibility index (Phi) is 1.75. The summed E-state index contributed by atoms with van der Waals surface area (Å²) in [6, 6.07) is 0. The van der Waals surface area contributed by atoms with Gasteiger partial charge in [-0.3, -0.25) is 0 Å². The lowest BCUT2D eigenvalue weighted by atomic mass is 10.5. The van der Waals surface area contributed by atoms with Gasteiger partial charge in [0.2, 0.25) is 0 Å². The van der Waals surface area contributed by atoms with Gasteiger partial charge in [0.25, 0.3) is 0 Å². The molecule has 56 valence electrons. The van der Waals surface area contributed by atoms with E-state index in [4.69, 9.17) is 4.52 Å². The van der Waals surface area contributed by atoms with Gasteiger partial charge in [0.1, 0.15) is 11.3 Å². The first-order valence-corrected chi connectivity index (χ1v) is 4.55. The Hall–Kier alpha value is -0.680. The number of aromatic nitrogens is 2. The second kappa shape index (κ2) is 2.75. The van der Waals surface area contributed by atoms with Gasteiger partial charge in [-0.15, -0.1) is 11.3 Å². The Morgan fingerprint density at radius 1 is 1.55 bits per heavy atom. The third kappa shape index (κ3) is 1.21. The molecular weight excluding hydrogens is 228 g/mol. The molecule has 2 aromatic rings. The van der Waals surface area contributed by atoms with Crippen LogP contribution in [0.15, 0.2) is 26.8 Å². The second-order valence-corrected chi connectivity index (χ2v) is 3.60. The lowest BCUT2D eigenvalue weighted by Gasteiger charge is -1.84. The molecule has 0 saturated carbocycles. The van der Waals surface area contributed by atoms with Crippen LogP contribution < -0.4 is 0 Å². The van der Waals surface area contributed by atoms with Crippen molar-refractivity contribution in [3.05, 3.63) is 22.3 Å². The smallest absolute Gasteiger partial charge is 0.156 e. The average molecular weight is 231 g/mol. The van der Waals surface area contributed by atoms with Crippen LogP contribution in [0.1, 0.15) is 0 Å². The molecule has 3 nitrogen and oxygen atoms in total. The van der Waals surface area contributed by atoms with Crippen molar-refractivity contribution < 1.29 is 4.52 Å². The summed E-state index contributed by atoms with van der Waals surface area (Å²) in [5.74, 6) is 0. The lowest BCUT2D eigenvalue weighted by molar-refractivity contribution is 0.421. The second-order valence-electron chi connectivity index (χ2n) is 1.85. The fraction of sp³-hybridized carbons (Fsp3) is 0. The van der Waals surface area contributed by atoms with Gasteiger partial charge in [-0.2, -0.15) is 0 Å². The van der Waals surface area contributed by atoms with E-state index in [0.717, 1.165) is 15.2 Å². The maximum Gasteiger partial charge on any atom is 0.156 e. The van der Waals surface area contributed by atoms with Crippen LogP contribution in [0.4, 0.5) is 0 Å². The molecule has 2 aromatic heterocycles. The van der Waals surface area contributed by atoms with Crippen molar-refractivity contribution in [3.8, 4) is 10.7 Å². The van der Waals surface area contributed by atoms with Crippen LogP contribution in [0.2, 0.25) is 0 Å². The molecule has 0 aliphatic rings. The molecule has 0 bridgehead atoms. The van der Waals surface area contributed by atoms with Gasteiger partial charge >= 0.3 is 0 Å². The van der Waals surface area contributed by atoms with E-state index >= 15 is 0 Å². The number of hydrogen-bond acceptors (Lipinski definition) is 4.